The first kappa shape index (κ1) is 25.7. The Morgan fingerprint density at radius 2 is 1.52 bits per heavy atom. The molecule has 0 fully saturated rings. The zero-order valence-electron chi connectivity index (χ0n) is 20.0. The number of ether oxygens (including phenoxy) is 1. The van der Waals surface area contributed by atoms with Crippen molar-refractivity contribution in [3.8, 4) is 0 Å². The molecule has 0 aliphatic carbocycles. The Balaban J connectivity index is 2.67. The van der Waals surface area contributed by atoms with Gasteiger partial charge in [-0.2, -0.15) is 0 Å². The molecule has 0 bridgehead atoms. The van der Waals surface area contributed by atoms with Gasteiger partial charge in [0.1, 0.15) is 0 Å². The molecule has 0 aliphatic heterocycles. The Kier molecular flexibility index (Phi) is 9.88. The molecule has 0 aliphatic rings. The fraction of sp³-hybridized carbons (Fsp3) is 0.731. The van der Waals surface area contributed by atoms with Crippen LogP contribution in [0.1, 0.15) is 80.2 Å². The zero-order chi connectivity index (χ0) is 22.2. The van der Waals surface area contributed by atoms with Crippen LogP contribution in [0.5, 0.6) is 0 Å². The lowest BCUT2D eigenvalue weighted by atomic mass is 9.64. The molecule has 0 saturated carbocycles. The fourth-order valence-electron chi connectivity index (χ4n) is 4.17. The van der Waals surface area contributed by atoms with E-state index in [0.717, 1.165) is 12.0 Å². The van der Waals surface area contributed by atoms with Crippen LogP contribution in [0.2, 0.25) is 0 Å². The van der Waals surface area contributed by atoms with Crippen LogP contribution in [0.4, 0.5) is 0 Å². The van der Waals surface area contributed by atoms with Crippen molar-refractivity contribution in [1.82, 2.24) is 0 Å². The quantitative estimate of drug-likeness (QED) is 0.467. The summed E-state index contributed by atoms with van der Waals surface area (Å²) in [5, 5.41) is 11.4. The molecule has 1 aromatic carbocycles. The SMILES string of the molecule is CC(C)CC(C(O)C(CCOC(=O)CCc1ccccc1)C(C)(C)C)C(C)(C)C. The van der Waals surface area contributed by atoms with Gasteiger partial charge in [0.15, 0.2) is 0 Å². The van der Waals surface area contributed by atoms with E-state index in [1.165, 1.54) is 0 Å². The van der Waals surface area contributed by atoms with Gasteiger partial charge in [-0.25, -0.2) is 0 Å². The molecule has 0 saturated heterocycles. The van der Waals surface area contributed by atoms with E-state index in [-0.39, 0.29) is 28.6 Å². The highest BCUT2D eigenvalue weighted by atomic mass is 16.5. The minimum absolute atomic E-state index is 0.0273. The molecule has 1 rings (SSSR count). The van der Waals surface area contributed by atoms with Crippen molar-refractivity contribution in [3.05, 3.63) is 35.9 Å². The van der Waals surface area contributed by atoms with E-state index in [4.69, 9.17) is 4.74 Å². The third-order valence-electron chi connectivity index (χ3n) is 5.93. The van der Waals surface area contributed by atoms with Crippen molar-refractivity contribution in [1.29, 1.82) is 0 Å². The van der Waals surface area contributed by atoms with Gasteiger partial charge in [-0.15, -0.1) is 0 Å². The first-order chi connectivity index (χ1) is 13.3. The number of esters is 1. The topological polar surface area (TPSA) is 46.5 Å². The molecule has 3 unspecified atom stereocenters. The summed E-state index contributed by atoms with van der Waals surface area (Å²) in [4.78, 5) is 12.2. The average molecular weight is 405 g/mol. The van der Waals surface area contributed by atoms with Gasteiger partial charge >= 0.3 is 5.97 Å². The number of carbonyl (C=O) groups excluding carboxylic acids is 1. The molecule has 0 heterocycles. The molecule has 3 atom stereocenters. The molecule has 0 aromatic heterocycles. The van der Waals surface area contributed by atoms with E-state index in [1.54, 1.807) is 0 Å². The third-order valence-corrected chi connectivity index (χ3v) is 5.93. The first-order valence-corrected chi connectivity index (χ1v) is 11.2. The van der Waals surface area contributed by atoms with Gasteiger partial charge in [-0.3, -0.25) is 4.79 Å². The summed E-state index contributed by atoms with van der Waals surface area (Å²) in [6.45, 7) is 18.0. The standard InChI is InChI=1S/C26H44O3/c1-19(2)18-22(26(6,7)8)24(28)21(25(3,4)5)16-17-29-23(27)15-14-20-12-10-9-11-13-20/h9-13,19,21-22,24,28H,14-18H2,1-8H3. The van der Waals surface area contributed by atoms with Crippen LogP contribution in [-0.4, -0.2) is 23.8 Å². The molecule has 0 radical (unpaired) electrons. The molecule has 3 nitrogen and oxygen atoms in total. The number of rotatable bonds is 10. The van der Waals surface area contributed by atoms with Crippen molar-refractivity contribution < 1.29 is 14.6 Å². The molecule has 0 amide bonds. The summed E-state index contributed by atoms with van der Waals surface area (Å²) in [5.74, 6) is 0.656. The number of hydrogen-bond donors (Lipinski definition) is 1. The van der Waals surface area contributed by atoms with Crippen molar-refractivity contribution in [3.63, 3.8) is 0 Å². The summed E-state index contributed by atoms with van der Waals surface area (Å²) >= 11 is 0. The Morgan fingerprint density at radius 3 is 2.00 bits per heavy atom. The second kappa shape index (κ2) is 11.2. The maximum absolute atomic E-state index is 12.2. The normalized spacial score (nSPS) is 15.8. The van der Waals surface area contributed by atoms with Crippen LogP contribution in [0.25, 0.3) is 0 Å². The van der Waals surface area contributed by atoms with E-state index in [1.807, 2.05) is 30.3 Å². The number of hydrogen-bond acceptors (Lipinski definition) is 3. The number of aliphatic hydroxyl groups excluding tert-OH is 1. The Labute approximate surface area is 179 Å². The molecular weight excluding hydrogens is 360 g/mol. The Morgan fingerprint density at radius 1 is 0.966 bits per heavy atom. The van der Waals surface area contributed by atoms with Gasteiger partial charge in [-0.05, 0) is 53.4 Å². The maximum atomic E-state index is 12.2. The van der Waals surface area contributed by atoms with Crippen LogP contribution in [0.3, 0.4) is 0 Å². The molecule has 1 aromatic rings. The lowest BCUT2D eigenvalue weighted by Gasteiger charge is -2.43. The van der Waals surface area contributed by atoms with Crippen LogP contribution in [0, 0.1) is 28.6 Å². The van der Waals surface area contributed by atoms with E-state index >= 15 is 0 Å². The largest absolute Gasteiger partial charge is 0.466 e. The minimum Gasteiger partial charge on any atom is -0.466 e. The van der Waals surface area contributed by atoms with E-state index in [2.05, 4.69) is 55.4 Å². The van der Waals surface area contributed by atoms with E-state index in [9.17, 15) is 9.90 Å². The summed E-state index contributed by atoms with van der Waals surface area (Å²) in [6, 6.07) is 10.0. The molecular formula is C26H44O3. The minimum atomic E-state index is -0.416. The lowest BCUT2D eigenvalue weighted by molar-refractivity contribution is -0.145. The average Bonchev–Trinajstić information content (AvgIpc) is 2.60. The van der Waals surface area contributed by atoms with Crippen LogP contribution >= 0.6 is 0 Å². The summed E-state index contributed by atoms with van der Waals surface area (Å²) in [6.07, 6.45) is 2.36. The monoisotopic (exact) mass is 404 g/mol. The molecule has 166 valence electrons. The highest BCUT2D eigenvalue weighted by Gasteiger charge is 2.40. The number of aryl methyl sites for hydroxylation is 1. The van der Waals surface area contributed by atoms with Gasteiger partial charge in [0, 0.05) is 6.42 Å². The van der Waals surface area contributed by atoms with E-state index in [0.29, 0.717) is 31.8 Å². The zero-order valence-corrected chi connectivity index (χ0v) is 20.0. The van der Waals surface area contributed by atoms with E-state index < -0.39 is 6.10 Å². The van der Waals surface area contributed by atoms with Crippen LogP contribution in [0.15, 0.2) is 30.3 Å². The number of carbonyl (C=O) groups is 1. The van der Waals surface area contributed by atoms with Gasteiger partial charge < -0.3 is 9.84 Å². The first-order valence-electron chi connectivity index (χ1n) is 11.2. The van der Waals surface area contributed by atoms with Crippen molar-refractivity contribution >= 4 is 5.97 Å². The summed E-state index contributed by atoms with van der Waals surface area (Å²) < 4.78 is 5.54. The summed E-state index contributed by atoms with van der Waals surface area (Å²) in [7, 11) is 0. The van der Waals surface area contributed by atoms with Gasteiger partial charge in [0.25, 0.3) is 0 Å². The predicted octanol–water partition coefficient (Wildman–Crippen LogP) is 6.28. The smallest absolute Gasteiger partial charge is 0.306 e. The molecule has 29 heavy (non-hydrogen) atoms. The number of benzene rings is 1. The van der Waals surface area contributed by atoms with Gasteiger partial charge in [-0.1, -0.05) is 85.7 Å². The van der Waals surface area contributed by atoms with Crippen molar-refractivity contribution in [2.24, 2.45) is 28.6 Å². The van der Waals surface area contributed by atoms with Gasteiger partial charge in [0.05, 0.1) is 12.7 Å². The van der Waals surface area contributed by atoms with Crippen LogP contribution < -0.4 is 0 Å². The van der Waals surface area contributed by atoms with Crippen molar-refractivity contribution in [2.75, 3.05) is 6.61 Å². The Bertz CT molecular complexity index is 593. The fourth-order valence-corrected chi connectivity index (χ4v) is 4.17. The molecule has 0 spiro atoms. The second-order valence-corrected chi connectivity index (χ2v) is 11.1. The highest BCUT2D eigenvalue weighted by Crippen LogP contribution is 2.42. The highest BCUT2D eigenvalue weighted by molar-refractivity contribution is 5.69. The third kappa shape index (κ3) is 9.33. The van der Waals surface area contributed by atoms with Gasteiger partial charge in [0.2, 0.25) is 0 Å². The molecule has 3 heteroatoms. The predicted molar refractivity (Wildman–Crippen MR) is 122 cm³/mol. The van der Waals surface area contributed by atoms with Crippen LogP contribution in [-0.2, 0) is 16.0 Å². The maximum Gasteiger partial charge on any atom is 0.306 e. The van der Waals surface area contributed by atoms with Crippen molar-refractivity contribution in [2.45, 2.75) is 87.2 Å². The molecule has 1 N–H and O–H groups in total. The number of aliphatic hydroxyl groups is 1. The lowest BCUT2D eigenvalue weighted by Crippen LogP contribution is -2.43. The summed E-state index contributed by atoms with van der Waals surface area (Å²) in [5.41, 5.74) is 1.12. The Hall–Kier alpha value is -1.35. The second-order valence-electron chi connectivity index (χ2n) is 11.1.